The first-order chi connectivity index (χ1) is 16.3. The maximum atomic E-state index is 13.4. The van der Waals surface area contributed by atoms with Gasteiger partial charge in [-0.3, -0.25) is 9.59 Å². The average molecular weight is 464 g/mol. The molecule has 0 saturated carbocycles. The molecule has 2 fully saturated rings. The van der Waals surface area contributed by atoms with Crippen molar-refractivity contribution in [3.05, 3.63) is 60.2 Å². The van der Waals surface area contributed by atoms with E-state index in [0.29, 0.717) is 38.3 Å². The Bertz CT molecular complexity index is 1030. The number of urea groups is 1. The quantitative estimate of drug-likeness (QED) is 0.635. The van der Waals surface area contributed by atoms with Gasteiger partial charge in [0.15, 0.2) is 0 Å². The molecular formula is C26H33N5O3. The molecule has 2 aromatic carbocycles. The van der Waals surface area contributed by atoms with Crippen molar-refractivity contribution in [2.75, 3.05) is 30.0 Å². The lowest BCUT2D eigenvalue weighted by Gasteiger charge is -2.44. The third-order valence-electron chi connectivity index (χ3n) is 6.84. The van der Waals surface area contributed by atoms with Crippen molar-refractivity contribution in [3.8, 4) is 0 Å². The number of aryl methyl sites for hydroxylation is 1. The van der Waals surface area contributed by atoms with Crippen LogP contribution in [-0.4, -0.2) is 54.1 Å². The summed E-state index contributed by atoms with van der Waals surface area (Å²) in [4.78, 5) is 42.7. The summed E-state index contributed by atoms with van der Waals surface area (Å²) in [6, 6.07) is 16.3. The average Bonchev–Trinajstić information content (AvgIpc) is 3.14. The molecule has 0 aromatic heterocycles. The van der Waals surface area contributed by atoms with Gasteiger partial charge in [-0.15, -0.1) is 0 Å². The molecule has 0 aliphatic carbocycles. The first-order valence-electron chi connectivity index (χ1n) is 11.8. The topological polar surface area (TPSA) is 93.8 Å². The second-order valence-electron chi connectivity index (χ2n) is 9.47. The Hall–Kier alpha value is -3.55. The number of anilines is 2. The van der Waals surface area contributed by atoms with Gasteiger partial charge in [0.05, 0.1) is 6.67 Å². The zero-order valence-electron chi connectivity index (χ0n) is 20.0. The molecule has 0 bridgehead atoms. The third kappa shape index (κ3) is 4.71. The van der Waals surface area contributed by atoms with Crippen LogP contribution in [0.1, 0.15) is 32.3 Å². The van der Waals surface area contributed by atoms with Gasteiger partial charge in [0.25, 0.3) is 0 Å². The van der Waals surface area contributed by atoms with Gasteiger partial charge in [0.1, 0.15) is 11.6 Å². The van der Waals surface area contributed by atoms with Crippen molar-refractivity contribution >= 4 is 29.2 Å². The molecule has 4 rings (SSSR count). The molecule has 2 heterocycles. The SMILES string of the molecule is Cc1ccc(NC(=O)NC(C(=O)N2CCC3(CC2)C(=O)NCN3c2ccccc2)C(C)C)cc1. The van der Waals surface area contributed by atoms with Crippen LogP contribution in [0.25, 0.3) is 0 Å². The van der Waals surface area contributed by atoms with Crippen LogP contribution in [0.4, 0.5) is 16.2 Å². The molecule has 1 spiro atoms. The van der Waals surface area contributed by atoms with E-state index in [1.807, 2.05) is 75.4 Å². The number of nitrogens with one attached hydrogen (secondary N) is 3. The van der Waals surface area contributed by atoms with Crippen molar-refractivity contribution in [1.29, 1.82) is 0 Å². The molecule has 1 unspecified atom stereocenters. The van der Waals surface area contributed by atoms with Crippen molar-refractivity contribution < 1.29 is 14.4 Å². The van der Waals surface area contributed by atoms with E-state index in [4.69, 9.17) is 0 Å². The third-order valence-corrected chi connectivity index (χ3v) is 6.84. The normalized spacial score (nSPS) is 18.1. The molecule has 8 heteroatoms. The zero-order valence-corrected chi connectivity index (χ0v) is 20.0. The lowest BCUT2D eigenvalue weighted by Crippen LogP contribution is -2.60. The number of likely N-dealkylation sites (tertiary alicyclic amines) is 1. The van der Waals surface area contributed by atoms with Gasteiger partial charge in [0, 0.05) is 24.5 Å². The number of amides is 4. The molecule has 2 aliphatic heterocycles. The number of hydrogen-bond acceptors (Lipinski definition) is 4. The summed E-state index contributed by atoms with van der Waals surface area (Å²) in [6.07, 6.45) is 1.08. The van der Waals surface area contributed by atoms with Gasteiger partial charge in [0.2, 0.25) is 11.8 Å². The Balaban J connectivity index is 1.41. The summed E-state index contributed by atoms with van der Waals surface area (Å²) in [5, 5.41) is 8.64. The fraction of sp³-hybridized carbons (Fsp3) is 0.423. The van der Waals surface area contributed by atoms with E-state index >= 15 is 0 Å². The summed E-state index contributed by atoms with van der Waals surface area (Å²) >= 11 is 0. The number of carbonyl (C=O) groups excluding carboxylic acids is 3. The summed E-state index contributed by atoms with van der Waals surface area (Å²) < 4.78 is 0. The highest BCUT2D eigenvalue weighted by Gasteiger charge is 2.51. The number of nitrogens with zero attached hydrogens (tertiary/aromatic N) is 2. The van der Waals surface area contributed by atoms with E-state index in [1.54, 1.807) is 4.90 Å². The predicted molar refractivity (Wildman–Crippen MR) is 132 cm³/mol. The highest BCUT2D eigenvalue weighted by Crippen LogP contribution is 2.36. The van der Waals surface area contributed by atoms with Crippen LogP contribution in [0.5, 0.6) is 0 Å². The van der Waals surface area contributed by atoms with E-state index in [9.17, 15) is 14.4 Å². The number of hydrogen-bond donors (Lipinski definition) is 3. The molecule has 3 N–H and O–H groups in total. The largest absolute Gasteiger partial charge is 0.341 e. The molecule has 34 heavy (non-hydrogen) atoms. The van der Waals surface area contributed by atoms with Gasteiger partial charge >= 0.3 is 6.03 Å². The van der Waals surface area contributed by atoms with Gasteiger partial charge in [-0.1, -0.05) is 49.7 Å². The summed E-state index contributed by atoms with van der Waals surface area (Å²) in [5.41, 5.74) is 2.12. The standard InChI is InChI=1S/C26H33N5O3/c1-18(2)22(29-25(34)28-20-11-9-19(3)10-12-20)23(32)30-15-13-26(14-16-30)24(33)27-17-31(26)21-7-5-4-6-8-21/h4-12,18,22H,13-17H2,1-3H3,(H,27,33)(H2,28,29,34). The Labute approximate surface area is 200 Å². The zero-order chi connectivity index (χ0) is 24.3. The monoisotopic (exact) mass is 463 g/mol. The maximum absolute atomic E-state index is 13.4. The highest BCUT2D eigenvalue weighted by atomic mass is 16.2. The van der Waals surface area contributed by atoms with Crippen LogP contribution in [0.3, 0.4) is 0 Å². The van der Waals surface area contributed by atoms with Crippen molar-refractivity contribution in [3.63, 3.8) is 0 Å². The number of benzene rings is 2. The van der Waals surface area contributed by atoms with Gasteiger partial charge in [-0.05, 0) is 49.9 Å². The fourth-order valence-electron chi connectivity index (χ4n) is 4.79. The molecule has 1 atom stereocenters. The summed E-state index contributed by atoms with van der Waals surface area (Å²) in [6.45, 7) is 7.20. The van der Waals surface area contributed by atoms with Gasteiger partial charge < -0.3 is 25.8 Å². The molecule has 2 aliphatic rings. The molecule has 0 radical (unpaired) electrons. The molecule has 4 amide bonds. The van der Waals surface area contributed by atoms with Crippen LogP contribution in [0.2, 0.25) is 0 Å². The second kappa shape index (κ2) is 9.75. The van der Waals surface area contributed by atoms with E-state index in [2.05, 4.69) is 20.9 Å². The van der Waals surface area contributed by atoms with Crippen molar-refractivity contribution in [2.24, 2.45) is 5.92 Å². The second-order valence-corrected chi connectivity index (χ2v) is 9.47. The summed E-state index contributed by atoms with van der Waals surface area (Å²) in [5.74, 6) is -0.184. The van der Waals surface area contributed by atoms with Crippen LogP contribution < -0.4 is 20.9 Å². The minimum absolute atomic E-state index is 0.0134. The Morgan fingerprint density at radius 1 is 1.00 bits per heavy atom. The van der Waals surface area contributed by atoms with E-state index in [1.165, 1.54) is 0 Å². The predicted octanol–water partition coefficient (Wildman–Crippen LogP) is 3.10. The van der Waals surface area contributed by atoms with Crippen LogP contribution in [-0.2, 0) is 9.59 Å². The lowest BCUT2D eigenvalue weighted by molar-refractivity contribution is -0.137. The highest BCUT2D eigenvalue weighted by molar-refractivity contribution is 5.95. The van der Waals surface area contributed by atoms with E-state index in [-0.39, 0.29) is 17.7 Å². The number of para-hydroxylation sites is 1. The molecular weight excluding hydrogens is 430 g/mol. The minimum Gasteiger partial charge on any atom is -0.341 e. The van der Waals surface area contributed by atoms with Crippen LogP contribution >= 0.6 is 0 Å². The summed E-state index contributed by atoms with van der Waals surface area (Å²) in [7, 11) is 0. The molecule has 8 nitrogen and oxygen atoms in total. The van der Waals surface area contributed by atoms with Crippen LogP contribution in [0.15, 0.2) is 54.6 Å². The number of piperidine rings is 1. The first kappa shape index (κ1) is 23.6. The Morgan fingerprint density at radius 2 is 1.65 bits per heavy atom. The maximum Gasteiger partial charge on any atom is 0.319 e. The van der Waals surface area contributed by atoms with Gasteiger partial charge in [-0.2, -0.15) is 0 Å². The van der Waals surface area contributed by atoms with Gasteiger partial charge in [-0.25, -0.2) is 4.79 Å². The van der Waals surface area contributed by atoms with E-state index < -0.39 is 17.6 Å². The Morgan fingerprint density at radius 3 is 2.26 bits per heavy atom. The number of rotatable bonds is 5. The number of carbonyl (C=O) groups is 3. The fourth-order valence-corrected chi connectivity index (χ4v) is 4.79. The van der Waals surface area contributed by atoms with E-state index in [0.717, 1.165) is 11.3 Å². The minimum atomic E-state index is -0.651. The Kier molecular flexibility index (Phi) is 6.77. The molecule has 180 valence electrons. The van der Waals surface area contributed by atoms with Crippen molar-refractivity contribution in [2.45, 2.75) is 45.2 Å². The molecule has 2 saturated heterocycles. The smallest absolute Gasteiger partial charge is 0.319 e. The van der Waals surface area contributed by atoms with Crippen LogP contribution in [0, 0.1) is 12.8 Å². The molecule has 2 aromatic rings. The first-order valence-corrected chi connectivity index (χ1v) is 11.8. The van der Waals surface area contributed by atoms with Crippen molar-refractivity contribution in [1.82, 2.24) is 15.5 Å². The lowest BCUT2D eigenvalue weighted by atomic mass is 9.85.